The van der Waals surface area contributed by atoms with Crippen LogP contribution in [-0.2, 0) is 11.8 Å². The number of ether oxygens (including phenoxy) is 2. The van der Waals surface area contributed by atoms with Gasteiger partial charge in [-0.2, -0.15) is 5.10 Å². The second kappa shape index (κ2) is 4.93. The zero-order valence-electron chi connectivity index (χ0n) is 10.9. The molecule has 1 unspecified atom stereocenters. The zero-order valence-corrected chi connectivity index (χ0v) is 10.9. The minimum Gasteiger partial charge on any atom is -0.488 e. The first kappa shape index (κ1) is 12.0. The summed E-state index contributed by atoms with van der Waals surface area (Å²) in [5.41, 5.74) is 7.94. The SMILES string of the molecule is Cn1ncc(-c2ccc(OC3CCOC3)cc2)c1N. The molecule has 1 aromatic carbocycles. The first-order valence-corrected chi connectivity index (χ1v) is 6.36. The fourth-order valence-corrected chi connectivity index (χ4v) is 2.18. The lowest BCUT2D eigenvalue weighted by atomic mass is 10.1. The Labute approximate surface area is 111 Å². The molecule has 0 bridgehead atoms. The second-order valence-electron chi connectivity index (χ2n) is 4.69. The maximum Gasteiger partial charge on any atom is 0.129 e. The summed E-state index contributed by atoms with van der Waals surface area (Å²) in [6.45, 7) is 1.46. The van der Waals surface area contributed by atoms with Crippen LogP contribution < -0.4 is 10.5 Å². The summed E-state index contributed by atoms with van der Waals surface area (Å²) >= 11 is 0. The second-order valence-corrected chi connectivity index (χ2v) is 4.69. The Morgan fingerprint density at radius 2 is 2.16 bits per heavy atom. The highest BCUT2D eigenvalue weighted by Crippen LogP contribution is 2.27. The van der Waals surface area contributed by atoms with Crippen molar-refractivity contribution < 1.29 is 9.47 Å². The van der Waals surface area contributed by atoms with Crippen molar-refractivity contribution in [3.05, 3.63) is 30.5 Å². The van der Waals surface area contributed by atoms with Crippen LogP contribution in [-0.4, -0.2) is 29.1 Å². The van der Waals surface area contributed by atoms with Gasteiger partial charge in [0.25, 0.3) is 0 Å². The number of benzene rings is 1. The molecule has 0 amide bonds. The van der Waals surface area contributed by atoms with Gasteiger partial charge in [0, 0.05) is 19.0 Å². The highest BCUT2D eigenvalue weighted by atomic mass is 16.5. The van der Waals surface area contributed by atoms with Crippen LogP contribution in [0.25, 0.3) is 11.1 Å². The maximum absolute atomic E-state index is 5.96. The average molecular weight is 259 g/mol. The van der Waals surface area contributed by atoms with Crippen molar-refractivity contribution in [1.29, 1.82) is 0 Å². The number of rotatable bonds is 3. The van der Waals surface area contributed by atoms with Crippen molar-refractivity contribution in [2.75, 3.05) is 18.9 Å². The molecule has 19 heavy (non-hydrogen) atoms. The normalized spacial score (nSPS) is 18.7. The van der Waals surface area contributed by atoms with Gasteiger partial charge in [0.05, 0.1) is 19.4 Å². The van der Waals surface area contributed by atoms with E-state index in [0.29, 0.717) is 12.4 Å². The lowest BCUT2D eigenvalue weighted by Gasteiger charge is -2.12. The van der Waals surface area contributed by atoms with Crippen molar-refractivity contribution in [3.8, 4) is 16.9 Å². The monoisotopic (exact) mass is 259 g/mol. The van der Waals surface area contributed by atoms with Crippen molar-refractivity contribution in [2.24, 2.45) is 7.05 Å². The average Bonchev–Trinajstić information content (AvgIpc) is 3.03. The van der Waals surface area contributed by atoms with E-state index in [9.17, 15) is 0 Å². The van der Waals surface area contributed by atoms with Crippen molar-refractivity contribution in [1.82, 2.24) is 9.78 Å². The molecule has 1 atom stereocenters. The molecule has 0 saturated carbocycles. The maximum atomic E-state index is 5.96. The van der Waals surface area contributed by atoms with Crippen LogP contribution in [0, 0.1) is 0 Å². The van der Waals surface area contributed by atoms with Crippen molar-refractivity contribution >= 4 is 5.82 Å². The summed E-state index contributed by atoms with van der Waals surface area (Å²) in [4.78, 5) is 0. The molecule has 0 spiro atoms. The molecule has 1 aliphatic rings. The minimum absolute atomic E-state index is 0.175. The molecule has 1 aromatic heterocycles. The smallest absolute Gasteiger partial charge is 0.129 e. The lowest BCUT2D eigenvalue weighted by molar-refractivity contribution is 0.141. The van der Waals surface area contributed by atoms with Crippen LogP contribution >= 0.6 is 0 Å². The number of aromatic nitrogens is 2. The van der Waals surface area contributed by atoms with Gasteiger partial charge in [0.15, 0.2) is 0 Å². The fraction of sp³-hybridized carbons (Fsp3) is 0.357. The molecule has 100 valence electrons. The topological polar surface area (TPSA) is 62.3 Å². The van der Waals surface area contributed by atoms with Gasteiger partial charge in [0.2, 0.25) is 0 Å². The van der Waals surface area contributed by atoms with E-state index in [2.05, 4.69) is 5.10 Å². The van der Waals surface area contributed by atoms with Gasteiger partial charge in [-0.25, -0.2) is 0 Å². The number of nitrogens with two attached hydrogens (primary N) is 1. The number of hydrogen-bond acceptors (Lipinski definition) is 4. The molecule has 0 aliphatic carbocycles. The highest BCUT2D eigenvalue weighted by Gasteiger charge is 2.17. The Kier molecular flexibility index (Phi) is 3.13. The molecular formula is C14H17N3O2. The number of hydrogen-bond donors (Lipinski definition) is 1. The number of aryl methyl sites for hydroxylation is 1. The number of anilines is 1. The Hall–Kier alpha value is -2.01. The number of nitrogen functional groups attached to an aromatic ring is 1. The first-order chi connectivity index (χ1) is 9.24. The quantitative estimate of drug-likeness (QED) is 0.913. The first-order valence-electron chi connectivity index (χ1n) is 6.36. The highest BCUT2D eigenvalue weighted by molar-refractivity contribution is 5.73. The van der Waals surface area contributed by atoms with E-state index in [1.807, 2.05) is 31.3 Å². The van der Waals surface area contributed by atoms with E-state index in [0.717, 1.165) is 29.9 Å². The van der Waals surface area contributed by atoms with Gasteiger partial charge >= 0.3 is 0 Å². The van der Waals surface area contributed by atoms with E-state index in [1.54, 1.807) is 10.9 Å². The molecule has 5 heteroatoms. The molecule has 1 fully saturated rings. The Bertz CT molecular complexity index is 557. The van der Waals surface area contributed by atoms with E-state index in [-0.39, 0.29) is 6.10 Å². The van der Waals surface area contributed by atoms with Crippen LogP contribution in [0.5, 0.6) is 5.75 Å². The zero-order chi connectivity index (χ0) is 13.2. The van der Waals surface area contributed by atoms with Gasteiger partial charge < -0.3 is 15.2 Å². The Balaban J connectivity index is 1.76. The summed E-state index contributed by atoms with van der Waals surface area (Å²) in [6, 6.07) is 7.91. The van der Waals surface area contributed by atoms with Crippen LogP contribution in [0.4, 0.5) is 5.82 Å². The molecule has 5 nitrogen and oxygen atoms in total. The fourth-order valence-electron chi connectivity index (χ4n) is 2.18. The van der Waals surface area contributed by atoms with Crippen LogP contribution in [0.15, 0.2) is 30.5 Å². The Morgan fingerprint density at radius 1 is 1.37 bits per heavy atom. The molecule has 1 saturated heterocycles. The third-order valence-electron chi connectivity index (χ3n) is 3.34. The van der Waals surface area contributed by atoms with E-state index in [4.69, 9.17) is 15.2 Å². The van der Waals surface area contributed by atoms with E-state index >= 15 is 0 Å². The van der Waals surface area contributed by atoms with E-state index < -0.39 is 0 Å². The third-order valence-corrected chi connectivity index (χ3v) is 3.34. The van der Waals surface area contributed by atoms with Gasteiger partial charge in [-0.05, 0) is 17.7 Å². The van der Waals surface area contributed by atoms with Gasteiger partial charge in [-0.15, -0.1) is 0 Å². The molecule has 2 aromatic rings. The summed E-state index contributed by atoms with van der Waals surface area (Å²) in [7, 11) is 1.83. The number of nitrogens with zero attached hydrogens (tertiary/aromatic N) is 2. The third kappa shape index (κ3) is 2.42. The summed E-state index contributed by atoms with van der Waals surface area (Å²) in [5.74, 6) is 1.53. The van der Waals surface area contributed by atoms with Gasteiger partial charge in [0.1, 0.15) is 17.7 Å². The lowest BCUT2D eigenvalue weighted by Crippen LogP contribution is -2.15. The van der Waals surface area contributed by atoms with Gasteiger partial charge in [-0.1, -0.05) is 12.1 Å². The molecular weight excluding hydrogens is 242 g/mol. The molecule has 0 radical (unpaired) electrons. The van der Waals surface area contributed by atoms with Crippen LogP contribution in [0.1, 0.15) is 6.42 Å². The molecule has 1 aliphatic heterocycles. The van der Waals surface area contributed by atoms with Gasteiger partial charge in [-0.3, -0.25) is 4.68 Å². The summed E-state index contributed by atoms with van der Waals surface area (Å²) < 4.78 is 12.8. The van der Waals surface area contributed by atoms with Crippen LogP contribution in [0.2, 0.25) is 0 Å². The standard InChI is InChI=1S/C14H17N3O2/c1-17-14(15)13(8-16-17)10-2-4-11(5-3-10)19-12-6-7-18-9-12/h2-5,8,12H,6-7,9,15H2,1H3. The van der Waals surface area contributed by atoms with Crippen molar-refractivity contribution in [3.63, 3.8) is 0 Å². The van der Waals surface area contributed by atoms with Crippen molar-refractivity contribution in [2.45, 2.75) is 12.5 Å². The predicted molar refractivity (Wildman–Crippen MR) is 72.9 cm³/mol. The summed E-state index contributed by atoms with van der Waals surface area (Å²) in [6.07, 6.45) is 2.90. The molecule has 2 heterocycles. The van der Waals surface area contributed by atoms with E-state index in [1.165, 1.54) is 0 Å². The summed E-state index contributed by atoms with van der Waals surface area (Å²) in [5, 5.41) is 4.14. The minimum atomic E-state index is 0.175. The molecule has 2 N–H and O–H groups in total. The molecule has 3 rings (SSSR count). The largest absolute Gasteiger partial charge is 0.488 e. The predicted octanol–water partition coefficient (Wildman–Crippen LogP) is 1.84. The van der Waals surface area contributed by atoms with Crippen LogP contribution in [0.3, 0.4) is 0 Å². The Morgan fingerprint density at radius 3 is 2.74 bits per heavy atom.